The van der Waals surface area contributed by atoms with Crippen molar-refractivity contribution in [1.82, 2.24) is 9.21 Å². The minimum Gasteiger partial charge on any atom is -0.394 e. The van der Waals surface area contributed by atoms with Crippen LogP contribution in [0.2, 0.25) is 0 Å². The van der Waals surface area contributed by atoms with Gasteiger partial charge in [0.15, 0.2) is 0 Å². The Hall–Kier alpha value is -2.66. The highest BCUT2D eigenvalue weighted by atomic mass is 32.2. The Morgan fingerprint density at radius 3 is 2.41 bits per heavy atom. The number of piperazine rings is 1. The van der Waals surface area contributed by atoms with Crippen LogP contribution in [0.5, 0.6) is 0 Å². The van der Waals surface area contributed by atoms with E-state index in [4.69, 9.17) is 0 Å². The van der Waals surface area contributed by atoms with E-state index in [9.17, 15) is 18.3 Å². The average Bonchev–Trinajstić information content (AvgIpc) is 2.76. The van der Waals surface area contributed by atoms with E-state index in [0.29, 0.717) is 5.92 Å². The van der Waals surface area contributed by atoms with Crippen LogP contribution in [0.3, 0.4) is 0 Å². The Bertz CT molecular complexity index is 1130. The van der Waals surface area contributed by atoms with Gasteiger partial charge in [-0.05, 0) is 35.7 Å². The second-order valence-electron chi connectivity index (χ2n) is 8.78. The number of aliphatic hydroxyl groups excluding tert-OH is 1. The molecule has 0 saturated carbocycles. The molecular weight excluding hydrogens is 424 g/mol. The molecule has 6 nitrogen and oxygen atoms in total. The predicted octanol–water partition coefficient (Wildman–Crippen LogP) is 2.44. The van der Waals surface area contributed by atoms with Crippen LogP contribution in [-0.2, 0) is 14.8 Å². The van der Waals surface area contributed by atoms with Crippen molar-refractivity contribution in [3.05, 3.63) is 65.7 Å². The van der Waals surface area contributed by atoms with Crippen molar-refractivity contribution >= 4 is 15.9 Å². The minimum absolute atomic E-state index is 0.129. The highest BCUT2D eigenvalue weighted by Crippen LogP contribution is 2.43. The maximum atomic E-state index is 13.1. The molecule has 2 fully saturated rings. The van der Waals surface area contributed by atoms with Gasteiger partial charge in [0, 0.05) is 24.4 Å². The highest BCUT2D eigenvalue weighted by molar-refractivity contribution is 7.89. The molecule has 2 aliphatic heterocycles. The quantitative estimate of drug-likeness (QED) is 0.707. The van der Waals surface area contributed by atoms with Gasteiger partial charge < -0.3 is 10.0 Å². The normalized spacial score (nSPS) is 23.3. The number of nitrogens with zero attached hydrogens (tertiary/aromatic N) is 2. The van der Waals surface area contributed by atoms with Crippen LogP contribution in [0.1, 0.15) is 37.3 Å². The Morgan fingerprint density at radius 2 is 1.78 bits per heavy atom. The fraction of sp³-hybridized carbons (Fsp3) is 0.400. The van der Waals surface area contributed by atoms with E-state index in [1.54, 1.807) is 35.2 Å². The van der Waals surface area contributed by atoms with Gasteiger partial charge in [0.1, 0.15) is 0 Å². The van der Waals surface area contributed by atoms with Crippen molar-refractivity contribution in [1.29, 1.82) is 0 Å². The zero-order valence-electron chi connectivity index (χ0n) is 18.3. The summed E-state index contributed by atoms with van der Waals surface area (Å²) in [6.07, 6.45) is 0.835. The first-order valence-corrected chi connectivity index (χ1v) is 12.3. The van der Waals surface area contributed by atoms with Crippen LogP contribution in [0, 0.1) is 17.8 Å². The molecule has 32 heavy (non-hydrogen) atoms. The lowest BCUT2D eigenvalue weighted by atomic mass is 9.74. The third-order valence-electron chi connectivity index (χ3n) is 6.14. The molecule has 1 amide bonds. The van der Waals surface area contributed by atoms with Crippen molar-refractivity contribution in [2.75, 3.05) is 19.7 Å². The van der Waals surface area contributed by atoms with E-state index in [2.05, 4.69) is 25.7 Å². The first-order chi connectivity index (χ1) is 15.3. The third kappa shape index (κ3) is 4.18. The number of amides is 1. The van der Waals surface area contributed by atoms with Crippen LogP contribution in [0.4, 0.5) is 0 Å². The summed E-state index contributed by atoms with van der Waals surface area (Å²) in [4.78, 5) is 14.6. The maximum Gasteiger partial charge on any atom is 0.243 e. The lowest BCUT2D eigenvalue weighted by Gasteiger charge is -2.58. The smallest absolute Gasteiger partial charge is 0.243 e. The molecule has 0 unspecified atom stereocenters. The molecule has 1 N–H and O–H groups in total. The number of rotatable bonds is 5. The van der Waals surface area contributed by atoms with E-state index >= 15 is 0 Å². The van der Waals surface area contributed by atoms with Crippen molar-refractivity contribution in [3.8, 4) is 11.8 Å². The summed E-state index contributed by atoms with van der Waals surface area (Å²) >= 11 is 0. The van der Waals surface area contributed by atoms with Gasteiger partial charge >= 0.3 is 0 Å². The zero-order valence-corrected chi connectivity index (χ0v) is 19.1. The number of benzene rings is 2. The lowest BCUT2D eigenvalue weighted by Crippen LogP contribution is -2.73. The number of carbonyl (C=O) groups is 1. The number of sulfonamides is 1. The van der Waals surface area contributed by atoms with Crippen molar-refractivity contribution in [3.63, 3.8) is 0 Å². The first-order valence-electron chi connectivity index (χ1n) is 10.9. The molecule has 0 aliphatic carbocycles. The summed E-state index contributed by atoms with van der Waals surface area (Å²) in [6.45, 7) is 4.10. The lowest BCUT2D eigenvalue weighted by molar-refractivity contribution is -0.158. The molecule has 2 heterocycles. The van der Waals surface area contributed by atoms with Gasteiger partial charge in [-0.15, -0.1) is 0 Å². The molecule has 0 bridgehead atoms. The third-order valence-corrected chi connectivity index (χ3v) is 7.97. The van der Waals surface area contributed by atoms with Crippen molar-refractivity contribution in [2.24, 2.45) is 5.92 Å². The first kappa shape index (κ1) is 22.5. The summed E-state index contributed by atoms with van der Waals surface area (Å²) in [5.41, 5.74) is 1.89. The Balaban J connectivity index is 1.56. The van der Waals surface area contributed by atoms with Crippen LogP contribution in [0.25, 0.3) is 0 Å². The van der Waals surface area contributed by atoms with Crippen LogP contribution < -0.4 is 0 Å². The Kier molecular flexibility index (Phi) is 6.38. The van der Waals surface area contributed by atoms with Crippen LogP contribution in [0.15, 0.2) is 59.5 Å². The predicted molar refractivity (Wildman–Crippen MR) is 122 cm³/mol. The van der Waals surface area contributed by atoms with Gasteiger partial charge in [-0.25, -0.2) is 8.42 Å². The Labute approximate surface area is 189 Å². The van der Waals surface area contributed by atoms with Gasteiger partial charge in [0.25, 0.3) is 0 Å². The SMILES string of the molecule is CC(C)CC#Cc1ccc([C@@H]2[C@H](CO)N3C(=O)CN(S(=O)(=O)c4ccccc4)C[C@@H]23)cc1. The molecule has 0 radical (unpaired) electrons. The van der Waals surface area contributed by atoms with Gasteiger partial charge in [0.2, 0.25) is 15.9 Å². The monoisotopic (exact) mass is 452 g/mol. The van der Waals surface area contributed by atoms with Gasteiger partial charge in [-0.2, -0.15) is 4.31 Å². The van der Waals surface area contributed by atoms with E-state index < -0.39 is 10.0 Å². The van der Waals surface area contributed by atoms with E-state index in [-0.39, 0.29) is 48.5 Å². The highest BCUT2D eigenvalue weighted by Gasteiger charge is 2.55. The summed E-state index contributed by atoms with van der Waals surface area (Å²) in [5.74, 6) is 6.45. The number of aliphatic hydroxyl groups is 1. The molecule has 7 heteroatoms. The molecule has 4 rings (SSSR count). The Morgan fingerprint density at radius 1 is 1.09 bits per heavy atom. The number of hydrogen-bond acceptors (Lipinski definition) is 4. The van der Waals surface area contributed by atoms with E-state index in [0.717, 1.165) is 17.5 Å². The molecule has 0 aromatic heterocycles. The number of hydrogen-bond donors (Lipinski definition) is 1. The molecule has 2 aromatic carbocycles. The number of carbonyl (C=O) groups excluding carboxylic acids is 1. The van der Waals surface area contributed by atoms with Crippen molar-refractivity contribution in [2.45, 2.75) is 43.2 Å². The maximum absolute atomic E-state index is 13.1. The summed E-state index contributed by atoms with van der Waals surface area (Å²) < 4.78 is 27.4. The van der Waals surface area contributed by atoms with Crippen LogP contribution in [-0.4, -0.2) is 60.4 Å². The summed E-state index contributed by atoms with van der Waals surface area (Å²) in [6, 6.07) is 15.4. The second kappa shape index (κ2) is 9.07. The number of fused-ring (bicyclic) bond motifs is 1. The summed E-state index contributed by atoms with van der Waals surface area (Å²) in [5, 5.41) is 9.95. The van der Waals surface area contributed by atoms with E-state index in [1.165, 1.54) is 4.31 Å². The molecule has 3 atom stereocenters. The van der Waals surface area contributed by atoms with Gasteiger partial charge in [-0.1, -0.05) is 56.0 Å². The topological polar surface area (TPSA) is 77.9 Å². The fourth-order valence-electron chi connectivity index (χ4n) is 4.54. The van der Waals surface area contributed by atoms with Crippen molar-refractivity contribution < 1.29 is 18.3 Å². The van der Waals surface area contributed by atoms with E-state index in [1.807, 2.05) is 24.3 Å². The average molecular weight is 453 g/mol. The largest absolute Gasteiger partial charge is 0.394 e. The summed E-state index contributed by atoms with van der Waals surface area (Å²) in [7, 11) is -3.77. The molecule has 168 valence electrons. The molecule has 2 aliphatic rings. The molecule has 0 spiro atoms. The molecule has 2 aromatic rings. The van der Waals surface area contributed by atoms with Gasteiger partial charge in [-0.3, -0.25) is 4.79 Å². The second-order valence-corrected chi connectivity index (χ2v) is 10.7. The van der Waals surface area contributed by atoms with Gasteiger partial charge in [0.05, 0.1) is 30.1 Å². The van der Waals surface area contributed by atoms with Crippen LogP contribution >= 0.6 is 0 Å². The minimum atomic E-state index is -3.77. The molecule has 2 saturated heterocycles. The fourth-order valence-corrected chi connectivity index (χ4v) is 5.97. The zero-order chi connectivity index (χ0) is 22.9. The molecular formula is C25H28N2O4S. The standard InChI is InChI=1S/C25H28N2O4S/c1-18(2)7-6-8-19-11-13-20(14-12-19)25-22-15-26(16-24(29)27(22)23(25)17-28)32(30,31)21-9-4-3-5-10-21/h3-5,9-14,18,22-23,25,28H,7,15-17H2,1-2H3/t22-,23-,25-/m0/s1.